The molecule has 150 valence electrons. The molecule has 0 spiro atoms. The lowest BCUT2D eigenvalue weighted by atomic mass is 10.2. The standard InChI is InChI=1S/C22H31N5O/c1-4-23-22(25-12-19-8-6-5-7-9-19)26-14-20-10-11-21(24-13-20)27-15-17(2)28-18(3)16-27/h5-11,13,17-18H,4,12,14-16H2,1-3H3,(H2,23,25,26). The number of benzene rings is 1. The number of hydrogen-bond donors (Lipinski definition) is 2. The highest BCUT2D eigenvalue weighted by Gasteiger charge is 2.22. The number of aromatic nitrogens is 1. The molecule has 2 aromatic rings. The lowest BCUT2D eigenvalue weighted by Gasteiger charge is -2.36. The van der Waals surface area contributed by atoms with Crippen LogP contribution >= 0.6 is 0 Å². The van der Waals surface area contributed by atoms with Gasteiger partial charge in [0.15, 0.2) is 5.96 Å². The SMILES string of the molecule is CCNC(=NCc1ccc(N2CC(C)OC(C)C2)nc1)NCc1ccccc1. The normalized spacial score (nSPS) is 20.1. The first kappa shape index (κ1) is 20.1. The highest BCUT2D eigenvalue weighted by atomic mass is 16.5. The Kier molecular flexibility index (Phi) is 7.25. The number of nitrogens with zero attached hydrogens (tertiary/aromatic N) is 3. The van der Waals surface area contributed by atoms with Crippen LogP contribution in [-0.4, -0.2) is 42.8 Å². The molecular weight excluding hydrogens is 350 g/mol. The summed E-state index contributed by atoms with van der Waals surface area (Å²) in [5.74, 6) is 1.81. The average molecular weight is 382 g/mol. The van der Waals surface area contributed by atoms with Gasteiger partial charge in [-0.1, -0.05) is 36.4 Å². The molecule has 1 saturated heterocycles. The maximum absolute atomic E-state index is 5.80. The lowest BCUT2D eigenvalue weighted by Crippen LogP contribution is -2.45. The van der Waals surface area contributed by atoms with Crippen LogP contribution in [0, 0.1) is 0 Å². The number of aliphatic imine (C=N–C) groups is 1. The zero-order valence-electron chi connectivity index (χ0n) is 17.1. The maximum Gasteiger partial charge on any atom is 0.191 e. The van der Waals surface area contributed by atoms with Gasteiger partial charge in [-0.05, 0) is 38.0 Å². The molecule has 0 amide bonds. The number of anilines is 1. The largest absolute Gasteiger partial charge is 0.372 e. The summed E-state index contributed by atoms with van der Waals surface area (Å²) in [6.45, 7) is 10.2. The molecule has 1 aliphatic rings. The van der Waals surface area contributed by atoms with Crippen LogP contribution < -0.4 is 15.5 Å². The van der Waals surface area contributed by atoms with Gasteiger partial charge in [-0.15, -0.1) is 0 Å². The van der Waals surface area contributed by atoms with Gasteiger partial charge < -0.3 is 20.3 Å². The topological polar surface area (TPSA) is 61.8 Å². The second-order valence-electron chi connectivity index (χ2n) is 7.22. The number of morpholine rings is 1. The van der Waals surface area contributed by atoms with Crippen LogP contribution in [0.25, 0.3) is 0 Å². The number of ether oxygens (including phenoxy) is 1. The van der Waals surface area contributed by atoms with E-state index in [-0.39, 0.29) is 12.2 Å². The van der Waals surface area contributed by atoms with E-state index in [4.69, 9.17) is 4.74 Å². The summed E-state index contributed by atoms with van der Waals surface area (Å²) in [5.41, 5.74) is 2.32. The van der Waals surface area contributed by atoms with Crippen molar-refractivity contribution in [3.63, 3.8) is 0 Å². The van der Waals surface area contributed by atoms with Gasteiger partial charge in [-0.25, -0.2) is 9.98 Å². The number of nitrogens with one attached hydrogen (secondary N) is 2. The van der Waals surface area contributed by atoms with Gasteiger partial charge in [0.25, 0.3) is 0 Å². The highest BCUT2D eigenvalue weighted by Crippen LogP contribution is 2.18. The van der Waals surface area contributed by atoms with Gasteiger partial charge in [0.1, 0.15) is 5.82 Å². The second kappa shape index (κ2) is 10.1. The Hall–Kier alpha value is -2.60. The fraction of sp³-hybridized carbons (Fsp3) is 0.455. The first-order chi connectivity index (χ1) is 13.6. The number of pyridine rings is 1. The first-order valence-corrected chi connectivity index (χ1v) is 10.1. The summed E-state index contributed by atoms with van der Waals surface area (Å²) in [6, 6.07) is 14.5. The minimum absolute atomic E-state index is 0.230. The van der Waals surface area contributed by atoms with Crippen LogP contribution in [-0.2, 0) is 17.8 Å². The molecule has 1 fully saturated rings. The molecule has 0 bridgehead atoms. The van der Waals surface area contributed by atoms with Crippen molar-refractivity contribution in [3.05, 3.63) is 59.8 Å². The smallest absolute Gasteiger partial charge is 0.191 e. The average Bonchev–Trinajstić information content (AvgIpc) is 2.70. The number of guanidine groups is 1. The molecule has 28 heavy (non-hydrogen) atoms. The summed E-state index contributed by atoms with van der Waals surface area (Å²) >= 11 is 0. The van der Waals surface area contributed by atoms with Crippen LogP contribution in [0.4, 0.5) is 5.82 Å². The van der Waals surface area contributed by atoms with Crippen molar-refractivity contribution < 1.29 is 4.74 Å². The highest BCUT2D eigenvalue weighted by molar-refractivity contribution is 5.79. The van der Waals surface area contributed by atoms with E-state index in [1.807, 2.05) is 24.4 Å². The Balaban J connectivity index is 1.58. The molecule has 2 heterocycles. The number of hydrogen-bond acceptors (Lipinski definition) is 4. The molecule has 1 aromatic carbocycles. The molecule has 0 aliphatic carbocycles. The van der Waals surface area contributed by atoms with E-state index in [0.717, 1.165) is 43.5 Å². The molecule has 3 rings (SSSR count). The van der Waals surface area contributed by atoms with Crippen molar-refractivity contribution in [2.75, 3.05) is 24.5 Å². The Morgan fingerprint density at radius 3 is 2.46 bits per heavy atom. The van der Waals surface area contributed by atoms with Crippen molar-refractivity contribution in [1.29, 1.82) is 0 Å². The molecule has 0 radical (unpaired) electrons. The van der Waals surface area contributed by atoms with Gasteiger partial charge in [-0.2, -0.15) is 0 Å². The molecule has 1 aromatic heterocycles. The summed E-state index contributed by atoms with van der Waals surface area (Å²) < 4.78 is 5.80. The lowest BCUT2D eigenvalue weighted by molar-refractivity contribution is -0.00545. The maximum atomic E-state index is 5.80. The fourth-order valence-electron chi connectivity index (χ4n) is 3.36. The third-order valence-electron chi connectivity index (χ3n) is 4.62. The van der Waals surface area contributed by atoms with Crippen molar-refractivity contribution in [2.45, 2.75) is 46.1 Å². The summed E-state index contributed by atoms with van der Waals surface area (Å²) in [7, 11) is 0. The van der Waals surface area contributed by atoms with Crippen LogP contribution in [0.5, 0.6) is 0 Å². The van der Waals surface area contributed by atoms with Crippen LogP contribution in [0.15, 0.2) is 53.7 Å². The molecule has 0 saturated carbocycles. The van der Waals surface area contributed by atoms with E-state index in [1.54, 1.807) is 0 Å². The Morgan fingerprint density at radius 1 is 1.07 bits per heavy atom. The Bertz CT molecular complexity index is 737. The summed E-state index contributed by atoms with van der Waals surface area (Å²) in [6.07, 6.45) is 2.38. The minimum atomic E-state index is 0.230. The van der Waals surface area contributed by atoms with Crippen molar-refractivity contribution >= 4 is 11.8 Å². The van der Waals surface area contributed by atoms with Crippen molar-refractivity contribution in [3.8, 4) is 0 Å². The van der Waals surface area contributed by atoms with Gasteiger partial charge in [0.2, 0.25) is 0 Å². The van der Waals surface area contributed by atoms with E-state index in [0.29, 0.717) is 6.54 Å². The molecular formula is C22H31N5O. The third kappa shape index (κ3) is 5.96. The predicted molar refractivity (Wildman–Crippen MR) is 115 cm³/mol. The Labute approximate surface area is 168 Å². The van der Waals surface area contributed by atoms with E-state index < -0.39 is 0 Å². The predicted octanol–water partition coefficient (Wildman–Crippen LogP) is 2.95. The summed E-state index contributed by atoms with van der Waals surface area (Å²) in [4.78, 5) is 11.6. The van der Waals surface area contributed by atoms with Gasteiger partial charge in [0.05, 0.1) is 18.8 Å². The van der Waals surface area contributed by atoms with E-state index in [2.05, 4.69) is 70.5 Å². The quantitative estimate of drug-likeness (QED) is 0.595. The van der Waals surface area contributed by atoms with E-state index in [1.165, 1.54) is 5.56 Å². The molecule has 2 atom stereocenters. The van der Waals surface area contributed by atoms with Crippen molar-refractivity contribution in [2.24, 2.45) is 4.99 Å². The summed E-state index contributed by atoms with van der Waals surface area (Å²) in [5, 5.41) is 6.67. The molecule has 2 N–H and O–H groups in total. The zero-order chi connectivity index (χ0) is 19.8. The van der Waals surface area contributed by atoms with Crippen LogP contribution in [0.3, 0.4) is 0 Å². The molecule has 6 heteroatoms. The molecule has 2 unspecified atom stereocenters. The van der Waals surface area contributed by atoms with Gasteiger partial charge in [0, 0.05) is 32.4 Å². The number of rotatable bonds is 6. The van der Waals surface area contributed by atoms with Gasteiger partial charge in [-0.3, -0.25) is 0 Å². The van der Waals surface area contributed by atoms with Gasteiger partial charge >= 0.3 is 0 Å². The van der Waals surface area contributed by atoms with E-state index >= 15 is 0 Å². The van der Waals surface area contributed by atoms with E-state index in [9.17, 15) is 0 Å². The van der Waals surface area contributed by atoms with Crippen molar-refractivity contribution in [1.82, 2.24) is 15.6 Å². The van der Waals surface area contributed by atoms with Crippen LogP contribution in [0.2, 0.25) is 0 Å². The minimum Gasteiger partial charge on any atom is -0.372 e. The fourth-order valence-corrected chi connectivity index (χ4v) is 3.36. The Morgan fingerprint density at radius 2 is 1.82 bits per heavy atom. The van der Waals surface area contributed by atoms with Crippen LogP contribution in [0.1, 0.15) is 31.9 Å². The third-order valence-corrected chi connectivity index (χ3v) is 4.62. The molecule has 6 nitrogen and oxygen atoms in total. The second-order valence-corrected chi connectivity index (χ2v) is 7.22. The monoisotopic (exact) mass is 381 g/mol. The molecule has 1 aliphatic heterocycles. The first-order valence-electron chi connectivity index (χ1n) is 10.1. The zero-order valence-corrected chi connectivity index (χ0v) is 17.1.